The molecule has 0 aliphatic rings. The van der Waals surface area contributed by atoms with Crippen LogP contribution in [0.25, 0.3) is 0 Å². The number of nitro groups is 3. The standard InChI is InChI=1S/C21H15N5O6/c27-24(28)18-7-1-4-15(10-18)13-22-21(17-6-3-9-20(12-17)26(31)32)23-14-16-5-2-8-19(11-16)25(29)30/h1-14,21H. The molecule has 0 saturated carbocycles. The highest BCUT2D eigenvalue weighted by Gasteiger charge is 2.13. The monoisotopic (exact) mass is 433 g/mol. The van der Waals surface area contributed by atoms with Gasteiger partial charge in [-0.2, -0.15) is 0 Å². The van der Waals surface area contributed by atoms with E-state index in [0.29, 0.717) is 16.7 Å². The predicted octanol–water partition coefficient (Wildman–Crippen LogP) is 4.65. The smallest absolute Gasteiger partial charge is 0.261 e. The zero-order chi connectivity index (χ0) is 23.1. The van der Waals surface area contributed by atoms with E-state index in [1.54, 1.807) is 18.2 Å². The highest BCUT2D eigenvalue weighted by Crippen LogP contribution is 2.24. The lowest BCUT2D eigenvalue weighted by molar-refractivity contribution is -0.385. The van der Waals surface area contributed by atoms with E-state index in [0.717, 1.165) is 0 Å². The van der Waals surface area contributed by atoms with Crippen molar-refractivity contribution in [2.24, 2.45) is 9.98 Å². The summed E-state index contributed by atoms with van der Waals surface area (Å²) >= 11 is 0. The molecule has 0 aromatic heterocycles. The van der Waals surface area contributed by atoms with Gasteiger partial charge in [-0.3, -0.25) is 40.3 Å². The van der Waals surface area contributed by atoms with E-state index in [9.17, 15) is 30.3 Å². The van der Waals surface area contributed by atoms with Gasteiger partial charge >= 0.3 is 0 Å². The van der Waals surface area contributed by atoms with Gasteiger partial charge in [-0.1, -0.05) is 36.4 Å². The Labute approximate surface area is 180 Å². The van der Waals surface area contributed by atoms with Crippen LogP contribution in [0.4, 0.5) is 17.1 Å². The Morgan fingerprint density at radius 1 is 0.625 bits per heavy atom. The number of rotatable bonds is 8. The maximum absolute atomic E-state index is 11.1. The highest BCUT2D eigenvalue weighted by molar-refractivity contribution is 5.82. The number of hydrogen-bond acceptors (Lipinski definition) is 8. The van der Waals surface area contributed by atoms with Gasteiger partial charge in [-0.25, -0.2) is 0 Å². The third kappa shape index (κ3) is 5.63. The van der Waals surface area contributed by atoms with Gasteiger partial charge in [0.1, 0.15) is 0 Å². The van der Waals surface area contributed by atoms with Crippen LogP contribution in [0.1, 0.15) is 22.9 Å². The number of nitrogens with zero attached hydrogens (tertiary/aromatic N) is 5. The molecule has 0 heterocycles. The fourth-order valence-electron chi connectivity index (χ4n) is 2.76. The van der Waals surface area contributed by atoms with E-state index < -0.39 is 20.9 Å². The molecule has 11 heteroatoms. The minimum atomic E-state index is -0.923. The van der Waals surface area contributed by atoms with Gasteiger partial charge in [-0.05, 0) is 11.1 Å². The Bertz CT molecular complexity index is 1170. The van der Waals surface area contributed by atoms with Crippen LogP contribution < -0.4 is 0 Å². The van der Waals surface area contributed by atoms with Crippen LogP contribution in [0.5, 0.6) is 0 Å². The van der Waals surface area contributed by atoms with Crippen molar-refractivity contribution in [2.45, 2.75) is 6.17 Å². The number of nitro benzene ring substituents is 3. The van der Waals surface area contributed by atoms with Crippen LogP contribution >= 0.6 is 0 Å². The molecule has 0 amide bonds. The van der Waals surface area contributed by atoms with E-state index in [2.05, 4.69) is 9.98 Å². The van der Waals surface area contributed by atoms with E-state index in [1.165, 1.54) is 67.0 Å². The van der Waals surface area contributed by atoms with E-state index >= 15 is 0 Å². The Kier molecular flexibility index (Phi) is 6.71. The lowest BCUT2D eigenvalue weighted by atomic mass is 10.1. The molecule has 3 aromatic carbocycles. The van der Waals surface area contributed by atoms with Crippen molar-refractivity contribution in [3.05, 3.63) is 120 Å². The SMILES string of the molecule is O=[N+]([O-])c1cccc(C=NC(N=Cc2cccc([N+](=O)[O-])c2)c2cccc([N+](=O)[O-])c2)c1. The second kappa shape index (κ2) is 9.80. The first-order valence-corrected chi connectivity index (χ1v) is 9.13. The van der Waals surface area contributed by atoms with Crippen molar-refractivity contribution in [2.75, 3.05) is 0 Å². The molecule has 0 radical (unpaired) electrons. The van der Waals surface area contributed by atoms with Crippen molar-refractivity contribution in [3.63, 3.8) is 0 Å². The fraction of sp³-hybridized carbons (Fsp3) is 0.0476. The molecule has 3 rings (SSSR count). The lowest BCUT2D eigenvalue weighted by Crippen LogP contribution is -1.98. The third-order valence-electron chi connectivity index (χ3n) is 4.27. The molecule has 0 fully saturated rings. The summed E-state index contributed by atoms with van der Waals surface area (Å²) in [6.07, 6.45) is 1.83. The van der Waals surface area contributed by atoms with E-state index in [1.807, 2.05) is 0 Å². The Morgan fingerprint density at radius 2 is 1.03 bits per heavy atom. The van der Waals surface area contributed by atoms with E-state index in [4.69, 9.17) is 0 Å². The number of benzene rings is 3. The second-order valence-electron chi connectivity index (χ2n) is 6.49. The van der Waals surface area contributed by atoms with Gasteiger partial charge in [0.2, 0.25) is 0 Å². The molecule has 0 atom stereocenters. The van der Waals surface area contributed by atoms with E-state index in [-0.39, 0.29) is 17.1 Å². The summed E-state index contributed by atoms with van der Waals surface area (Å²) in [6.45, 7) is 0. The molecular formula is C21H15N5O6. The zero-order valence-electron chi connectivity index (χ0n) is 16.3. The van der Waals surface area contributed by atoms with Crippen molar-refractivity contribution in [1.29, 1.82) is 0 Å². The van der Waals surface area contributed by atoms with Crippen LogP contribution in [-0.4, -0.2) is 27.2 Å². The average molecular weight is 433 g/mol. The Balaban J connectivity index is 1.98. The summed E-state index contributed by atoms with van der Waals surface area (Å²) < 4.78 is 0. The van der Waals surface area contributed by atoms with Crippen LogP contribution in [0, 0.1) is 30.3 Å². The molecule has 3 aromatic rings. The van der Waals surface area contributed by atoms with Gasteiger partial charge in [0, 0.05) is 54.4 Å². The molecule has 160 valence electrons. The lowest BCUT2D eigenvalue weighted by Gasteiger charge is -2.08. The van der Waals surface area contributed by atoms with Gasteiger partial charge in [0.15, 0.2) is 6.17 Å². The van der Waals surface area contributed by atoms with Gasteiger partial charge in [0.25, 0.3) is 17.1 Å². The number of hydrogen-bond donors (Lipinski definition) is 0. The number of aliphatic imine (C=N–C) groups is 2. The molecule has 0 unspecified atom stereocenters. The maximum atomic E-state index is 11.1. The van der Waals surface area contributed by atoms with Crippen molar-refractivity contribution >= 4 is 29.5 Å². The minimum absolute atomic E-state index is 0.110. The van der Waals surface area contributed by atoms with Crippen LogP contribution in [0.2, 0.25) is 0 Å². The third-order valence-corrected chi connectivity index (χ3v) is 4.27. The number of non-ortho nitro benzene ring substituents is 3. The second-order valence-corrected chi connectivity index (χ2v) is 6.49. The molecule has 0 N–H and O–H groups in total. The van der Waals surface area contributed by atoms with Crippen molar-refractivity contribution < 1.29 is 14.8 Å². The van der Waals surface area contributed by atoms with Gasteiger partial charge in [0.05, 0.1) is 14.8 Å². The average Bonchev–Trinajstić information content (AvgIpc) is 2.79. The van der Waals surface area contributed by atoms with Gasteiger partial charge < -0.3 is 0 Å². The van der Waals surface area contributed by atoms with Crippen LogP contribution in [-0.2, 0) is 0 Å². The fourth-order valence-corrected chi connectivity index (χ4v) is 2.76. The van der Waals surface area contributed by atoms with Crippen LogP contribution in [0.15, 0.2) is 82.8 Å². The summed E-state index contributed by atoms with van der Waals surface area (Å²) in [5.74, 6) is 0. The van der Waals surface area contributed by atoms with Crippen molar-refractivity contribution in [1.82, 2.24) is 0 Å². The Hall–Kier alpha value is -4.80. The first-order chi connectivity index (χ1) is 15.3. The van der Waals surface area contributed by atoms with Crippen molar-refractivity contribution in [3.8, 4) is 0 Å². The molecule has 0 saturated heterocycles. The zero-order valence-corrected chi connectivity index (χ0v) is 16.3. The molecule has 11 nitrogen and oxygen atoms in total. The highest BCUT2D eigenvalue weighted by atomic mass is 16.6. The first kappa shape index (κ1) is 21.9. The largest absolute Gasteiger partial charge is 0.270 e. The molecule has 0 spiro atoms. The topological polar surface area (TPSA) is 154 Å². The summed E-state index contributed by atoms with van der Waals surface area (Å²) in [5.41, 5.74) is 0.924. The summed E-state index contributed by atoms with van der Waals surface area (Å²) in [6, 6.07) is 17.3. The molecule has 0 aliphatic carbocycles. The maximum Gasteiger partial charge on any atom is 0.270 e. The molecule has 32 heavy (non-hydrogen) atoms. The molecule has 0 bridgehead atoms. The normalized spacial score (nSPS) is 12.1. The van der Waals surface area contributed by atoms with Crippen LogP contribution in [0.3, 0.4) is 0 Å². The summed E-state index contributed by atoms with van der Waals surface area (Å²) in [4.78, 5) is 40.1. The Morgan fingerprint density at radius 3 is 1.47 bits per heavy atom. The summed E-state index contributed by atoms with van der Waals surface area (Å²) in [5, 5.41) is 33.1. The first-order valence-electron chi connectivity index (χ1n) is 9.13. The summed E-state index contributed by atoms with van der Waals surface area (Å²) in [7, 11) is 0. The quantitative estimate of drug-likeness (QED) is 0.286. The molecular weight excluding hydrogens is 418 g/mol. The predicted molar refractivity (Wildman–Crippen MR) is 117 cm³/mol. The minimum Gasteiger partial charge on any atom is -0.261 e. The van der Waals surface area contributed by atoms with Gasteiger partial charge in [-0.15, -0.1) is 0 Å². The molecule has 0 aliphatic heterocycles.